The lowest BCUT2D eigenvalue weighted by Gasteiger charge is -2.38. The highest BCUT2D eigenvalue weighted by Crippen LogP contribution is 2.41. The number of rotatable bonds is 4. The fourth-order valence-electron chi connectivity index (χ4n) is 3.11. The number of methoxy groups -OCH3 is 2. The summed E-state index contributed by atoms with van der Waals surface area (Å²) in [5.74, 6) is 2.14. The van der Waals surface area contributed by atoms with E-state index in [9.17, 15) is 4.79 Å². The Kier molecular flexibility index (Phi) is 4.93. The Hall–Kier alpha value is -2.89. The molecule has 0 fully saturated rings. The standard InChI is InChI=1S/C20H24N2O4/c1-20(2)12-17(16-9-8-15(25-4)11-18(16)26-20)22-19(23)21-13-6-5-7-14(10-13)24-3/h5-11,17H,12H2,1-4H3,(H2,21,22,23)/t17-/m0/s1. The minimum absolute atomic E-state index is 0.162. The number of ether oxygens (including phenoxy) is 3. The van der Waals surface area contributed by atoms with E-state index in [1.165, 1.54) is 0 Å². The molecule has 6 heteroatoms. The van der Waals surface area contributed by atoms with E-state index in [2.05, 4.69) is 10.6 Å². The van der Waals surface area contributed by atoms with E-state index >= 15 is 0 Å². The summed E-state index contributed by atoms with van der Waals surface area (Å²) in [6.07, 6.45) is 0.665. The molecule has 2 aromatic rings. The summed E-state index contributed by atoms with van der Waals surface area (Å²) in [5.41, 5.74) is 1.21. The number of urea groups is 1. The van der Waals surface area contributed by atoms with Gasteiger partial charge in [0.15, 0.2) is 0 Å². The zero-order valence-corrected chi connectivity index (χ0v) is 15.5. The lowest BCUT2D eigenvalue weighted by molar-refractivity contribution is 0.0679. The first-order valence-electron chi connectivity index (χ1n) is 8.49. The maximum Gasteiger partial charge on any atom is 0.319 e. The van der Waals surface area contributed by atoms with E-state index in [1.807, 2.05) is 50.2 Å². The van der Waals surface area contributed by atoms with E-state index in [0.717, 1.165) is 17.1 Å². The highest BCUT2D eigenvalue weighted by Gasteiger charge is 2.34. The molecule has 2 aromatic carbocycles. The smallest absolute Gasteiger partial charge is 0.319 e. The van der Waals surface area contributed by atoms with Gasteiger partial charge in [-0.2, -0.15) is 0 Å². The molecule has 1 heterocycles. The van der Waals surface area contributed by atoms with Crippen molar-refractivity contribution in [2.45, 2.75) is 31.9 Å². The average Bonchev–Trinajstić information content (AvgIpc) is 2.60. The molecule has 138 valence electrons. The van der Waals surface area contributed by atoms with Crippen LogP contribution < -0.4 is 24.8 Å². The lowest BCUT2D eigenvalue weighted by Crippen LogP contribution is -2.42. The summed E-state index contributed by atoms with van der Waals surface area (Å²) in [5, 5.41) is 5.89. The van der Waals surface area contributed by atoms with E-state index in [4.69, 9.17) is 14.2 Å². The van der Waals surface area contributed by atoms with Gasteiger partial charge in [-0.15, -0.1) is 0 Å². The molecule has 2 N–H and O–H groups in total. The number of carbonyl (C=O) groups is 1. The second-order valence-corrected chi connectivity index (χ2v) is 6.85. The molecule has 0 aliphatic carbocycles. The zero-order valence-electron chi connectivity index (χ0n) is 15.5. The number of fused-ring (bicyclic) bond motifs is 1. The normalized spacial score (nSPS) is 17.5. The molecule has 26 heavy (non-hydrogen) atoms. The van der Waals surface area contributed by atoms with Crippen LogP contribution in [0.2, 0.25) is 0 Å². The molecular formula is C20H24N2O4. The van der Waals surface area contributed by atoms with Crippen LogP contribution in [0.25, 0.3) is 0 Å². The average molecular weight is 356 g/mol. The van der Waals surface area contributed by atoms with Crippen molar-refractivity contribution in [1.82, 2.24) is 5.32 Å². The first kappa shape index (κ1) is 17.9. The van der Waals surface area contributed by atoms with Gasteiger partial charge < -0.3 is 24.8 Å². The Labute approximate surface area is 153 Å². The molecule has 0 aromatic heterocycles. The second-order valence-electron chi connectivity index (χ2n) is 6.85. The summed E-state index contributed by atoms with van der Waals surface area (Å²) >= 11 is 0. The van der Waals surface area contributed by atoms with Gasteiger partial charge in [-0.3, -0.25) is 0 Å². The minimum atomic E-state index is -0.396. The van der Waals surface area contributed by atoms with Crippen LogP contribution in [0.4, 0.5) is 10.5 Å². The molecule has 1 aliphatic rings. The van der Waals surface area contributed by atoms with Gasteiger partial charge in [0, 0.05) is 29.8 Å². The van der Waals surface area contributed by atoms with Crippen LogP contribution in [-0.4, -0.2) is 25.9 Å². The Morgan fingerprint density at radius 2 is 1.85 bits per heavy atom. The van der Waals surface area contributed by atoms with Crippen LogP contribution in [0.3, 0.4) is 0 Å². The van der Waals surface area contributed by atoms with Crippen LogP contribution >= 0.6 is 0 Å². The molecule has 0 spiro atoms. The summed E-state index contributed by atoms with van der Waals surface area (Å²) in [7, 11) is 3.21. The van der Waals surface area contributed by atoms with Crippen molar-refractivity contribution in [2.24, 2.45) is 0 Å². The van der Waals surface area contributed by atoms with Crippen LogP contribution in [0.15, 0.2) is 42.5 Å². The molecule has 1 atom stereocenters. The van der Waals surface area contributed by atoms with E-state index in [-0.39, 0.29) is 12.1 Å². The maximum atomic E-state index is 12.5. The number of hydrogen-bond acceptors (Lipinski definition) is 4. The van der Waals surface area contributed by atoms with E-state index < -0.39 is 5.60 Å². The summed E-state index contributed by atoms with van der Waals surface area (Å²) in [4.78, 5) is 12.5. The summed E-state index contributed by atoms with van der Waals surface area (Å²) < 4.78 is 16.5. The Bertz CT molecular complexity index is 804. The monoisotopic (exact) mass is 356 g/mol. The van der Waals surface area contributed by atoms with Gasteiger partial charge in [-0.1, -0.05) is 6.07 Å². The van der Waals surface area contributed by atoms with Gasteiger partial charge in [-0.25, -0.2) is 4.79 Å². The zero-order chi connectivity index (χ0) is 18.7. The lowest BCUT2D eigenvalue weighted by atomic mass is 9.89. The largest absolute Gasteiger partial charge is 0.497 e. The molecule has 0 saturated carbocycles. The van der Waals surface area contributed by atoms with E-state index in [1.54, 1.807) is 20.3 Å². The molecule has 0 bridgehead atoms. The fourth-order valence-corrected chi connectivity index (χ4v) is 3.11. The highest BCUT2D eigenvalue weighted by molar-refractivity contribution is 5.89. The first-order chi connectivity index (χ1) is 12.4. The van der Waals surface area contributed by atoms with Crippen LogP contribution in [-0.2, 0) is 0 Å². The van der Waals surface area contributed by atoms with Gasteiger partial charge in [0.25, 0.3) is 0 Å². The number of hydrogen-bond donors (Lipinski definition) is 2. The van der Waals surface area contributed by atoms with E-state index in [0.29, 0.717) is 17.9 Å². The van der Waals surface area contributed by atoms with Crippen molar-refractivity contribution in [2.75, 3.05) is 19.5 Å². The predicted molar refractivity (Wildman–Crippen MR) is 100 cm³/mol. The Morgan fingerprint density at radius 3 is 2.58 bits per heavy atom. The fraction of sp³-hybridized carbons (Fsp3) is 0.350. The third-order valence-electron chi connectivity index (χ3n) is 4.31. The highest BCUT2D eigenvalue weighted by atomic mass is 16.5. The number of benzene rings is 2. The first-order valence-corrected chi connectivity index (χ1v) is 8.49. The SMILES string of the molecule is COc1cccc(NC(=O)N[C@H]2CC(C)(C)Oc3cc(OC)ccc32)c1. The third-order valence-corrected chi connectivity index (χ3v) is 4.31. The van der Waals surface area contributed by atoms with Gasteiger partial charge in [0.2, 0.25) is 0 Å². The second kappa shape index (κ2) is 7.15. The topological polar surface area (TPSA) is 68.8 Å². The number of nitrogens with one attached hydrogen (secondary N) is 2. The quantitative estimate of drug-likeness (QED) is 0.864. The minimum Gasteiger partial charge on any atom is -0.497 e. The van der Waals surface area contributed by atoms with Crippen LogP contribution in [0, 0.1) is 0 Å². The molecule has 2 amide bonds. The van der Waals surface area contributed by atoms with Crippen molar-refractivity contribution in [1.29, 1.82) is 0 Å². The molecule has 0 unspecified atom stereocenters. The van der Waals surface area contributed by atoms with Crippen molar-refractivity contribution >= 4 is 11.7 Å². The van der Waals surface area contributed by atoms with Gasteiger partial charge >= 0.3 is 6.03 Å². The van der Waals surface area contributed by atoms with Crippen LogP contribution in [0.5, 0.6) is 17.2 Å². The van der Waals surface area contributed by atoms with Crippen molar-refractivity contribution in [3.05, 3.63) is 48.0 Å². The molecule has 3 rings (SSSR count). The van der Waals surface area contributed by atoms with Gasteiger partial charge in [0.1, 0.15) is 22.8 Å². The molecule has 0 radical (unpaired) electrons. The van der Waals surface area contributed by atoms with Crippen molar-refractivity contribution in [3.8, 4) is 17.2 Å². The predicted octanol–water partition coefficient (Wildman–Crippen LogP) is 4.13. The van der Waals surface area contributed by atoms with Crippen LogP contribution in [0.1, 0.15) is 31.9 Å². The number of anilines is 1. The number of carbonyl (C=O) groups excluding carboxylic acids is 1. The summed E-state index contributed by atoms with van der Waals surface area (Å²) in [6, 6.07) is 12.5. The Morgan fingerprint density at radius 1 is 1.12 bits per heavy atom. The number of amides is 2. The molecular weight excluding hydrogens is 332 g/mol. The Balaban J connectivity index is 1.77. The van der Waals surface area contributed by atoms with Gasteiger partial charge in [-0.05, 0) is 38.1 Å². The molecule has 6 nitrogen and oxygen atoms in total. The molecule has 1 aliphatic heterocycles. The molecule has 0 saturated heterocycles. The summed E-state index contributed by atoms with van der Waals surface area (Å²) in [6.45, 7) is 4.01. The van der Waals surface area contributed by atoms with Crippen molar-refractivity contribution in [3.63, 3.8) is 0 Å². The third kappa shape index (κ3) is 4.02. The maximum absolute atomic E-state index is 12.5. The van der Waals surface area contributed by atoms with Crippen molar-refractivity contribution < 1.29 is 19.0 Å². The van der Waals surface area contributed by atoms with Gasteiger partial charge in [0.05, 0.1) is 20.3 Å².